The van der Waals surface area contributed by atoms with E-state index in [1.54, 1.807) is 6.92 Å². The summed E-state index contributed by atoms with van der Waals surface area (Å²) in [7, 11) is 0. The van der Waals surface area contributed by atoms with Gasteiger partial charge in [-0.05, 0) is 31.4 Å². The Bertz CT molecular complexity index is 995. The first-order valence-corrected chi connectivity index (χ1v) is 14.2. The lowest BCUT2D eigenvalue weighted by atomic mass is 10.1. The maximum Gasteiger partial charge on any atom is 0.150 e. The van der Waals surface area contributed by atoms with Gasteiger partial charge in [-0.25, -0.2) is 9.67 Å². The van der Waals surface area contributed by atoms with Crippen LogP contribution in [0.25, 0.3) is 0 Å². The molecule has 0 bridgehead atoms. The molecule has 8 nitrogen and oxygen atoms in total. The molecule has 2 heterocycles. The van der Waals surface area contributed by atoms with Crippen LogP contribution in [0, 0.1) is 17.8 Å². The lowest BCUT2D eigenvalue weighted by molar-refractivity contribution is 0.610. The second kappa shape index (κ2) is 26.0. The van der Waals surface area contributed by atoms with Crippen LogP contribution in [0.3, 0.4) is 0 Å². The van der Waals surface area contributed by atoms with E-state index < -0.39 is 0 Å². The first-order valence-electron chi connectivity index (χ1n) is 14.2. The summed E-state index contributed by atoms with van der Waals surface area (Å²) in [5, 5.41) is 18.8. The Morgan fingerprint density at radius 1 is 1.13 bits per heavy atom. The van der Waals surface area contributed by atoms with Crippen LogP contribution < -0.4 is 5.84 Å². The molecular formula is C31H52N8. The quantitative estimate of drug-likeness (QED) is 0.0512. The Balaban J connectivity index is 0. The summed E-state index contributed by atoms with van der Waals surface area (Å²) in [5.41, 5.74) is 2.14. The number of unbranched alkanes of at least 4 members (excludes halogenated alkanes) is 2. The number of allylic oxidation sites excluding steroid dienone is 3. The molecule has 0 radical (unpaired) electrons. The zero-order valence-electron chi connectivity index (χ0n) is 25.6. The van der Waals surface area contributed by atoms with E-state index in [1.807, 2.05) is 56.8 Å². The zero-order chi connectivity index (χ0) is 29.9. The molecule has 0 aromatic carbocycles. The van der Waals surface area contributed by atoms with E-state index in [1.165, 1.54) is 0 Å². The van der Waals surface area contributed by atoms with E-state index in [9.17, 15) is 0 Å². The number of rotatable bonds is 13. The molecule has 0 saturated heterocycles. The monoisotopic (exact) mass is 536 g/mol. The smallest absolute Gasteiger partial charge is 0.150 e. The molecule has 0 aliphatic rings. The number of pyridine rings is 1. The highest BCUT2D eigenvalue weighted by Gasteiger charge is 2.11. The van der Waals surface area contributed by atoms with Crippen molar-refractivity contribution in [1.82, 2.24) is 19.7 Å². The number of aryl methyl sites for hydroxylation is 2. The van der Waals surface area contributed by atoms with Crippen LogP contribution in [-0.4, -0.2) is 25.6 Å². The molecule has 0 amide bonds. The van der Waals surface area contributed by atoms with E-state index in [0.29, 0.717) is 13.0 Å². The number of hydrogen-bond donors (Lipinski definition) is 2. The summed E-state index contributed by atoms with van der Waals surface area (Å²) >= 11 is 0. The second-order valence-electron chi connectivity index (χ2n) is 8.16. The fraction of sp³-hybridized carbons (Fsp3) is 0.548. The maximum atomic E-state index is 7.49. The Hall–Kier alpha value is -3.60. The summed E-state index contributed by atoms with van der Waals surface area (Å²) in [4.78, 5) is 9.44. The molecule has 0 saturated carbocycles. The lowest BCUT2D eigenvalue weighted by Gasteiger charge is -2.08. The van der Waals surface area contributed by atoms with E-state index in [4.69, 9.17) is 21.3 Å². The van der Waals surface area contributed by atoms with Gasteiger partial charge >= 0.3 is 0 Å². The highest BCUT2D eigenvalue weighted by molar-refractivity contribution is 5.80. The molecule has 2 aromatic rings. The van der Waals surface area contributed by atoms with Crippen LogP contribution in [-0.2, 0) is 19.4 Å². The van der Waals surface area contributed by atoms with Gasteiger partial charge in [-0.3, -0.25) is 10.4 Å². The van der Waals surface area contributed by atoms with Gasteiger partial charge in [-0.2, -0.15) is 5.10 Å². The number of nitrogens with one attached hydrogen (secondary N) is 1. The standard InChI is InChI=1S/C24H36N8.C3H4.2C2H6/c1-4-6-13-23-28-24(14-7-5-2)32(30-23)18-20-15-16-21(27-17-20)19(3)11-9-8-10-12-22(25)29-31-26;1-3-2;2*1-2/h8-11,15-17,19H,4-7,12-14,18H2,1-3H3,(H3,25,26,29);1H,2H3;2*1-2H3/b10-8-,11-9-;;;. The van der Waals surface area contributed by atoms with Gasteiger partial charge in [0.25, 0.3) is 0 Å². The average Bonchev–Trinajstić information content (AvgIpc) is 3.34. The van der Waals surface area contributed by atoms with Crippen molar-refractivity contribution in [2.75, 3.05) is 0 Å². The molecule has 2 rings (SSSR count). The molecule has 216 valence electrons. The molecule has 1 atom stereocenters. The van der Waals surface area contributed by atoms with Crippen molar-refractivity contribution < 1.29 is 0 Å². The second-order valence-corrected chi connectivity index (χ2v) is 8.16. The van der Waals surface area contributed by atoms with E-state index in [-0.39, 0.29) is 11.8 Å². The third-order valence-corrected chi connectivity index (χ3v) is 5.08. The molecule has 0 aliphatic carbocycles. The van der Waals surface area contributed by atoms with E-state index in [2.05, 4.69) is 66.6 Å². The van der Waals surface area contributed by atoms with Crippen molar-refractivity contribution in [3.63, 3.8) is 0 Å². The molecule has 3 N–H and O–H groups in total. The van der Waals surface area contributed by atoms with Gasteiger partial charge in [0.15, 0.2) is 5.82 Å². The molecule has 1 unspecified atom stereocenters. The third kappa shape index (κ3) is 17.5. The molecule has 39 heavy (non-hydrogen) atoms. The largest absolute Gasteiger partial charge is 0.305 e. The van der Waals surface area contributed by atoms with Gasteiger partial charge in [0.2, 0.25) is 0 Å². The van der Waals surface area contributed by atoms with Crippen molar-refractivity contribution in [2.45, 2.75) is 113 Å². The first-order chi connectivity index (χ1) is 19.0. The summed E-state index contributed by atoms with van der Waals surface area (Å²) in [6.07, 6.45) is 21.2. The van der Waals surface area contributed by atoms with Crippen LogP contribution in [0.1, 0.15) is 116 Å². The fourth-order valence-electron chi connectivity index (χ4n) is 3.18. The summed E-state index contributed by atoms with van der Waals surface area (Å²) < 4.78 is 2.05. The zero-order valence-corrected chi connectivity index (χ0v) is 25.6. The minimum atomic E-state index is 0.130. The van der Waals surface area contributed by atoms with Gasteiger partial charge in [0, 0.05) is 37.1 Å². The van der Waals surface area contributed by atoms with Crippen molar-refractivity contribution >= 4 is 5.84 Å². The summed E-state index contributed by atoms with van der Waals surface area (Å²) in [5.74, 6) is 9.52. The Morgan fingerprint density at radius 2 is 1.77 bits per heavy atom. The minimum Gasteiger partial charge on any atom is -0.305 e. The Kier molecular flexibility index (Phi) is 25.1. The van der Waals surface area contributed by atoms with Crippen LogP contribution >= 0.6 is 0 Å². The number of aromatic nitrogens is 4. The number of nitrogens with zero attached hydrogens (tertiary/aromatic N) is 6. The Labute approximate surface area is 237 Å². The topological polar surface area (TPSA) is 118 Å². The minimum absolute atomic E-state index is 0.130. The highest BCUT2D eigenvalue weighted by Crippen LogP contribution is 2.16. The van der Waals surface area contributed by atoms with Gasteiger partial charge in [0.05, 0.1) is 6.54 Å². The van der Waals surface area contributed by atoms with Crippen molar-refractivity contribution in [3.05, 3.63) is 65.5 Å². The first kappa shape index (κ1) is 37.6. The molecule has 0 aliphatic heterocycles. The van der Waals surface area contributed by atoms with Gasteiger partial charge in [-0.1, -0.05) is 96.9 Å². The average molecular weight is 537 g/mol. The van der Waals surface area contributed by atoms with E-state index >= 15 is 0 Å². The summed E-state index contributed by atoms with van der Waals surface area (Å²) in [6.45, 7) is 16.9. The highest BCUT2D eigenvalue weighted by atomic mass is 15.3. The van der Waals surface area contributed by atoms with Crippen molar-refractivity contribution in [2.24, 2.45) is 16.2 Å². The van der Waals surface area contributed by atoms with Crippen LogP contribution in [0.5, 0.6) is 0 Å². The van der Waals surface area contributed by atoms with Gasteiger partial charge in [0.1, 0.15) is 11.7 Å². The molecule has 0 spiro atoms. The molecular weight excluding hydrogens is 484 g/mol. The van der Waals surface area contributed by atoms with E-state index in [0.717, 1.165) is 61.4 Å². The van der Waals surface area contributed by atoms with Crippen molar-refractivity contribution in [3.8, 4) is 12.3 Å². The normalized spacial score (nSPS) is 11.2. The van der Waals surface area contributed by atoms with Crippen LogP contribution in [0.2, 0.25) is 0 Å². The SMILES string of the molecule is C#CC.CC.CC.CCCCc1nc(CCCC)n(Cc2ccc(C(C)/C=C\C=C/CC(=N)N=NN)nc2)n1. The van der Waals surface area contributed by atoms with Crippen molar-refractivity contribution in [1.29, 1.82) is 5.41 Å². The number of nitrogens with two attached hydrogens (primary N) is 1. The number of hydrogen-bond acceptors (Lipinski definition) is 5. The predicted molar refractivity (Wildman–Crippen MR) is 166 cm³/mol. The lowest BCUT2D eigenvalue weighted by Crippen LogP contribution is -2.08. The molecule has 2 aromatic heterocycles. The molecule has 8 heteroatoms. The molecule has 0 fully saturated rings. The third-order valence-electron chi connectivity index (χ3n) is 5.08. The fourth-order valence-corrected chi connectivity index (χ4v) is 3.18. The predicted octanol–water partition coefficient (Wildman–Crippen LogP) is 8.01. The maximum absolute atomic E-state index is 7.49. The van der Waals surface area contributed by atoms with Crippen LogP contribution in [0.15, 0.2) is 53.0 Å². The summed E-state index contributed by atoms with van der Waals surface area (Å²) in [6, 6.07) is 4.20. The van der Waals surface area contributed by atoms with Gasteiger partial charge in [-0.15, -0.1) is 17.5 Å². The number of terminal acetylenes is 1. The number of amidine groups is 1. The van der Waals surface area contributed by atoms with Crippen LogP contribution in [0.4, 0.5) is 0 Å². The van der Waals surface area contributed by atoms with Gasteiger partial charge < -0.3 is 5.84 Å². The Morgan fingerprint density at radius 3 is 2.33 bits per heavy atom.